The van der Waals surface area contributed by atoms with Crippen LogP contribution in [0.5, 0.6) is 0 Å². The van der Waals surface area contributed by atoms with Gasteiger partial charge in [0, 0.05) is 0 Å². The van der Waals surface area contributed by atoms with Crippen molar-refractivity contribution in [2.75, 3.05) is 0 Å². The Morgan fingerprint density at radius 1 is 1.27 bits per heavy atom. The third-order valence-corrected chi connectivity index (χ3v) is 3.83. The van der Waals surface area contributed by atoms with E-state index >= 15 is 0 Å². The van der Waals surface area contributed by atoms with Crippen LogP contribution in [0, 0.1) is 23.5 Å². The molecule has 1 unspecified atom stereocenters. The predicted molar refractivity (Wildman–Crippen MR) is 56.7 cm³/mol. The Bertz CT molecular complexity index is 360. The monoisotopic (exact) mass is 210 g/mol. The largest absolute Gasteiger partial charge is 0.204 e. The van der Waals surface area contributed by atoms with Gasteiger partial charge in [0.05, 0.1) is 0 Å². The molecule has 0 aromatic heterocycles. The summed E-state index contributed by atoms with van der Waals surface area (Å²) in [6.45, 7) is 4.38. The molecule has 0 nitrogen and oxygen atoms in total. The minimum Gasteiger partial charge on any atom is -0.204 e. The van der Waals surface area contributed by atoms with Gasteiger partial charge in [0.15, 0.2) is 11.6 Å². The highest BCUT2D eigenvalue weighted by Crippen LogP contribution is 2.48. The molecule has 1 saturated carbocycles. The maximum atomic E-state index is 13.0. The Morgan fingerprint density at radius 3 is 2.53 bits per heavy atom. The minimum absolute atomic E-state index is 0.421. The van der Waals surface area contributed by atoms with Crippen LogP contribution < -0.4 is 0 Å². The maximum Gasteiger partial charge on any atom is 0.159 e. The predicted octanol–water partition coefficient (Wildman–Crippen LogP) is 4.11. The lowest BCUT2D eigenvalue weighted by atomic mass is 9.62. The fourth-order valence-corrected chi connectivity index (χ4v) is 2.61. The van der Waals surface area contributed by atoms with Crippen molar-refractivity contribution in [3.8, 4) is 0 Å². The Labute approximate surface area is 89.3 Å². The number of benzene rings is 1. The minimum atomic E-state index is -0.752. The van der Waals surface area contributed by atoms with Crippen LogP contribution in [-0.4, -0.2) is 0 Å². The Hall–Kier alpha value is -0.920. The van der Waals surface area contributed by atoms with Crippen LogP contribution >= 0.6 is 0 Å². The molecule has 0 N–H and O–H groups in total. The van der Waals surface area contributed by atoms with Gasteiger partial charge in [0.1, 0.15) is 0 Å². The molecule has 3 atom stereocenters. The van der Waals surface area contributed by atoms with Gasteiger partial charge in [-0.25, -0.2) is 8.78 Å². The van der Waals surface area contributed by atoms with Gasteiger partial charge >= 0.3 is 0 Å². The van der Waals surface area contributed by atoms with E-state index in [1.54, 1.807) is 6.07 Å². The summed E-state index contributed by atoms with van der Waals surface area (Å²) in [5, 5.41) is 0. The van der Waals surface area contributed by atoms with E-state index in [0.29, 0.717) is 11.8 Å². The fraction of sp³-hybridized carbons (Fsp3) is 0.538. The van der Waals surface area contributed by atoms with Crippen LogP contribution in [0.1, 0.15) is 38.2 Å². The lowest BCUT2D eigenvalue weighted by Crippen LogP contribution is -2.32. The molecule has 0 radical (unpaired) electrons. The number of halogens is 2. The molecule has 0 aliphatic heterocycles. The second-order valence-corrected chi connectivity index (χ2v) is 4.54. The normalized spacial score (nSPS) is 30.0. The van der Waals surface area contributed by atoms with E-state index in [1.165, 1.54) is 18.6 Å². The van der Waals surface area contributed by atoms with E-state index < -0.39 is 11.6 Å². The molecule has 0 amide bonds. The first kappa shape index (κ1) is 10.6. The Balaban J connectivity index is 2.15. The first-order chi connectivity index (χ1) is 7.13. The van der Waals surface area contributed by atoms with Crippen molar-refractivity contribution in [1.29, 1.82) is 0 Å². The molecule has 1 fully saturated rings. The average Bonchev–Trinajstić information content (AvgIpc) is 2.22. The summed E-state index contributed by atoms with van der Waals surface area (Å²) in [5.74, 6) is 0.297. The summed E-state index contributed by atoms with van der Waals surface area (Å²) >= 11 is 0. The van der Waals surface area contributed by atoms with Gasteiger partial charge in [-0.1, -0.05) is 26.3 Å². The third kappa shape index (κ3) is 1.77. The maximum absolute atomic E-state index is 13.0. The molecule has 2 heteroatoms. The summed E-state index contributed by atoms with van der Waals surface area (Å²) in [5.41, 5.74) is 0.950. The first-order valence-corrected chi connectivity index (χ1v) is 5.58. The van der Waals surface area contributed by atoms with Crippen LogP contribution in [0.15, 0.2) is 18.2 Å². The third-order valence-electron chi connectivity index (χ3n) is 3.83. The van der Waals surface area contributed by atoms with E-state index in [2.05, 4.69) is 13.8 Å². The van der Waals surface area contributed by atoms with E-state index in [9.17, 15) is 8.78 Å². The quantitative estimate of drug-likeness (QED) is 0.689. The van der Waals surface area contributed by atoms with Crippen molar-refractivity contribution < 1.29 is 8.78 Å². The summed E-state index contributed by atoms with van der Waals surface area (Å²) in [6.07, 6.45) is 2.30. The van der Waals surface area contributed by atoms with Crippen LogP contribution in [-0.2, 0) is 0 Å². The Morgan fingerprint density at radius 2 is 2.00 bits per heavy atom. The van der Waals surface area contributed by atoms with E-state index in [0.717, 1.165) is 17.9 Å². The zero-order valence-corrected chi connectivity index (χ0v) is 9.13. The van der Waals surface area contributed by atoms with Crippen LogP contribution in [0.4, 0.5) is 8.78 Å². The molecular weight excluding hydrogens is 194 g/mol. The summed E-state index contributed by atoms with van der Waals surface area (Å²) in [7, 11) is 0. The second-order valence-electron chi connectivity index (χ2n) is 4.54. The van der Waals surface area contributed by atoms with Gasteiger partial charge < -0.3 is 0 Å². The van der Waals surface area contributed by atoms with Gasteiger partial charge in [0.25, 0.3) is 0 Å². The molecule has 82 valence electrons. The molecule has 0 heterocycles. The van der Waals surface area contributed by atoms with Crippen molar-refractivity contribution >= 4 is 0 Å². The smallest absolute Gasteiger partial charge is 0.159 e. The second kappa shape index (κ2) is 3.92. The molecule has 1 aliphatic rings. The highest BCUT2D eigenvalue weighted by atomic mass is 19.2. The van der Waals surface area contributed by atoms with Crippen molar-refractivity contribution in [2.24, 2.45) is 11.8 Å². The number of hydrogen-bond donors (Lipinski definition) is 0. The van der Waals surface area contributed by atoms with Crippen molar-refractivity contribution in [3.63, 3.8) is 0 Å². The van der Waals surface area contributed by atoms with Gasteiger partial charge in [-0.05, 0) is 41.9 Å². The first-order valence-electron chi connectivity index (χ1n) is 5.58. The SMILES string of the molecule is CC[C@@H]1C[C@@H](c2ccc(F)c(F)c2)C1C. The average molecular weight is 210 g/mol. The van der Waals surface area contributed by atoms with Crippen molar-refractivity contribution in [2.45, 2.75) is 32.6 Å². The van der Waals surface area contributed by atoms with Gasteiger partial charge in [0.2, 0.25) is 0 Å². The van der Waals surface area contributed by atoms with Gasteiger partial charge in [-0.15, -0.1) is 0 Å². The molecule has 1 aromatic carbocycles. The van der Waals surface area contributed by atoms with Crippen molar-refractivity contribution in [3.05, 3.63) is 35.4 Å². The summed E-state index contributed by atoms with van der Waals surface area (Å²) in [4.78, 5) is 0. The lowest BCUT2D eigenvalue weighted by Gasteiger charge is -2.43. The van der Waals surface area contributed by atoms with Gasteiger partial charge in [-0.3, -0.25) is 0 Å². The summed E-state index contributed by atoms with van der Waals surface area (Å²) in [6, 6.07) is 4.30. The van der Waals surface area contributed by atoms with Crippen LogP contribution in [0.25, 0.3) is 0 Å². The highest BCUT2D eigenvalue weighted by molar-refractivity contribution is 5.25. The number of hydrogen-bond acceptors (Lipinski definition) is 0. The van der Waals surface area contributed by atoms with Crippen LogP contribution in [0.3, 0.4) is 0 Å². The molecule has 0 spiro atoms. The number of rotatable bonds is 2. The van der Waals surface area contributed by atoms with E-state index in [1.807, 2.05) is 0 Å². The molecule has 15 heavy (non-hydrogen) atoms. The fourth-order valence-electron chi connectivity index (χ4n) is 2.61. The standard InChI is InChI=1S/C13H16F2/c1-3-9-6-11(8(9)2)10-4-5-12(14)13(15)7-10/h4-5,7-9,11H,3,6H2,1-2H3/t8?,9-,11-/m1/s1. The summed E-state index contributed by atoms with van der Waals surface area (Å²) < 4.78 is 25.8. The zero-order valence-electron chi connectivity index (χ0n) is 9.13. The lowest BCUT2D eigenvalue weighted by molar-refractivity contribution is 0.145. The molecule has 1 aromatic rings. The molecule has 1 aliphatic carbocycles. The molecule has 0 bridgehead atoms. The topological polar surface area (TPSA) is 0 Å². The van der Waals surface area contributed by atoms with Crippen molar-refractivity contribution in [1.82, 2.24) is 0 Å². The Kier molecular flexibility index (Phi) is 2.76. The molecular formula is C13H16F2. The zero-order chi connectivity index (χ0) is 11.0. The molecule has 0 saturated heterocycles. The van der Waals surface area contributed by atoms with Crippen LogP contribution in [0.2, 0.25) is 0 Å². The highest BCUT2D eigenvalue weighted by Gasteiger charge is 2.37. The van der Waals surface area contributed by atoms with E-state index in [4.69, 9.17) is 0 Å². The van der Waals surface area contributed by atoms with E-state index in [-0.39, 0.29) is 0 Å². The van der Waals surface area contributed by atoms with Gasteiger partial charge in [-0.2, -0.15) is 0 Å². The molecule has 2 rings (SSSR count).